The smallest absolute Gasteiger partial charge is 0.303 e. The molecule has 5 saturated carbocycles. The van der Waals surface area contributed by atoms with Crippen LogP contribution in [0.15, 0.2) is 0 Å². The Morgan fingerprint density at radius 2 is 1.64 bits per heavy atom. The van der Waals surface area contributed by atoms with Crippen molar-refractivity contribution in [2.24, 2.45) is 50.7 Å². The fourth-order valence-corrected chi connectivity index (χ4v) is 13.4. The second-order valence-corrected chi connectivity index (χ2v) is 18.4. The molecule has 3 unspecified atom stereocenters. The summed E-state index contributed by atoms with van der Waals surface area (Å²) in [5.41, 5.74) is -2.06. The van der Waals surface area contributed by atoms with Gasteiger partial charge in [-0.25, -0.2) is 0 Å². The van der Waals surface area contributed by atoms with Crippen LogP contribution in [-0.4, -0.2) is 93.4 Å². The molecule has 5 aliphatic carbocycles. The molecule has 16 atom stereocenters. The molecular weight excluding hydrogens is 604 g/mol. The van der Waals surface area contributed by atoms with E-state index in [1.54, 1.807) is 13.8 Å². The molecule has 0 bridgehead atoms. The number of carbonyl (C=O) groups excluding carboxylic acids is 2. The van der Waals surface area contributed by atoms with Crippen LogP contribution in [0.4, 0.5) is 0 Å². The van der Waals surface area contributed by atoms with Gasteiger partial charge in [0.2, 0.25) is 0 Å². The van der Waals surface area contributed by atoms with Gasteiger partial charge >= 0.3 is 5.97 Å². The largest absolute Gasteiger partial charge is 0.457 e. The summed E-state index contributed by atoms with van der Waals surface area (Å²) in [5.74, 6) is 0.603. The first-order valence-corrected chi connectivity index (χ1v) is 18.2. The van der Waals surface area contributed by atoms with Gasteiger partial charge in [0.15, 0.2) is 18.2 Å². The summed E-state index contributed by atoms with van der Waals surface area (Å²) in [4.78, 5) is 27.0. The molecule has 0 radical (unpaired) electrons. The molecule has 4 N–H and O–H groups in total. The van der Waals surface area contributed by atoms with Crippen LogP contribution in [0.2, 0.25) is 0 Å². The van der Waals surface area contributed by atoms with Crippen LogP contribution < -0.4 is 0 Å². The Morgan fingerprint density at radius 1 is 0.979 bits per heavy atom. The third kappa shape index (κ3) is 4.46. The van der Waals surface area contributed by atoms with Crippen LogP contribution >= 0.6 is 0 Å². The van der Waals surface area contributed by atoms with Gasteiger partial charge < -0.3 is 39.4 Å². The zero-order valence-electron chi connectivity index (χ0n) is 29.5. The Kier molecular flexibility index (Phi) is 7.80. The van der Waals surface area contributed by atoms with Crippen LogP contribution in [0.3, 0.4) is 0 Å². The Labute approximate surface area is 279 Å². The van der Waals surface area contributed by atoms with E-state index in [0.717, 1.165) is 44.9 Å². The van der Waals surface area contributed by atoms with Crippen molar-refractivity contribution in [2.75, 3.05) is 6.61 Å². The molecule has 0 aromatic carbocycles. The van der Waals surface area contributed by atoms with E-state index < -0.39 is 59.9 Å². The van der Waals surface area contributed by atoms with Gasteiger partial charge in [-0.15, -0.1) is 0 Å². The van der Waals surface area contributed by atoms with Crippen molar-refractivity contribution in [3.05, 3.63) is 0 Å². The van der Waals surface area contributed by atoms with E-state index in [9.17, 15) is 30.0 Å². The number of ether oxygens (including phenoxy) is 4. The van der Waals surface area contributed by atoms with Crippen LogP contribution in [0, 0.1) is 50.7 Å². The van der Waals surface area contributed by atoms with E-state index in [0.29, 0.717) is 12.3 Å². The van der Waals surface area contributed by atoms with Gasteiger partial charge in [0, 0.05) is 18.3 Å². The summed E-state index contributed by atoms with van der Waals surface area (Å²) >= 11 is 0. The molecule has 7 aliphatic rings. The number of aliphatic hydroxyl groups excluding tert-OH is 3. The van der Waals surface area contributed by atoms with Crippen molar-refractivity contribution in [1.29, 1.82) is 0 Å². The quantitative estimate of drug-likeness (QED) is 0.254. The number of fused-ring (bicyclic) bond motifs is 4. The zero-order valence-corrected chi connectivity index (χ0v) is 29.5. The minimum atomic E-state index is -1.31. The molecule has 2 saturated heterocycles. The number of carbonyl (C=O) groups is 2. The number of hydrogen-bond acceptors (Lipinski definition) is 10. The van der Waals surface area contributed by atoms with Crippen LogP contribution in [-0.2, 0) is 28.5 Å². The maximum atomic E-state index is 15.0. The van der Waals surface area contributed by atoms with E-state index >= 15 is 0 Å². The summed E-state index contributed by atoms with van der Waals surface area (Å²) in [6, 6.07) is 0. The summed E-state index contributed by atoms with van der Waals surface area (Å²) in [5, 5.41) is 41.8. The number of hydrogen-bond donors (Lipinski definition) is 4. The zero-order chi connectivity index (χ0) is 34.3. The summed E-state index contributed by atoms with van der Waals surface area (Å²) in [6.45, 7) is 15.9. The van der Waals surface area contributed by atoms with Gasteiger partial charge in [0.25, 0.3) is 0 Å². The molecule has 7 fully saturated rings. The molecule has 2 spiro atoms. The van der Waals surface area contributed by atoms with Gasteiger partial charge in [0.1, 0.15) is 24.4 Å². The molecule has 266 valence electrons. The van der Waals surface area contributed by atoms with Crippen molar-refractivity contribution >= 4 is 11.8 Å². The average molecular weight is 663 g/mol. The highest BCUT2D eigenvalue weighted by Gasteiger charge is 2.85. The average Bonchev–Trinajstić information content (AvgIpc) is 3.61. The summed E-state index contributed by atoms with van der Waals surface area (Å²) in [7, 11) is 0. The predicted octanol–water partition coefficient (Wildman–Crippen LogP) is 3.53. The summed E-state index contributed by atoms with van der Waals surface area (Å²) in [6.07, 6.45) is 0.691. The van der Waals surface area contributed by atoms with E-state index in [2.05, 4.69) is 34.6 Å². The molecule has 0 aromatic rings. The first-order valence-electron chi connectivity index (χ1n) is 18.2. The number of Topliss-reactive ketones (excluding diaryl/α,β-unsaturated/α-hetero) is 1. The minimum absolute atomic E-state index is 0.0668. The first-order chi connectivity index (χ1) is 21.8. The monoisotopic (exact) mass is 662 g/mol. The number of ketones is 1. The lowest BCUT2D eigenvalue weighted by Crippen LogP contribution is -2.60. The molecule has 2 heterocycles. The van der Waals surface area contributed by atoms with Crippen molar-refractivity contribution < 1.29 is 49.0 Å². The highest BCUT2D eigenvalue weighted by molar-refractivity contribution is 5.93. The maximum Gasteiger partial charge on any atom is 0.303 e. The van der Waals surface area contributed by atoms with E-state index in [1.807, 2.05) is 0 Å². The van der Waals surface area contributed by atoms with Gasteiger partial charge in [-0.2, -0.15) is 0 Å². The maximum absolute atomic E-state index is 15.0. The van der Waals surface area contributed by atoms with Crippen molar-refractivity contribution in [3.8, 4) is 0 Å². The van der Waals surface area contributed by atoms with Gasteiger partial charge in [-0.05, 0) is 105 Å². The lowest BCUT2D eigenvalue weighted by Gasteiger charge is -2.62. The normalized spacial score (nSPS) is 53.9. The molecule has 7 rings (SSSR count). The van der Waals surface area contributed by atoms with Crippen LogP contribution in [0.5, 0.6) is 0 Å². The van der Waals surface area contributed by atoms with E-state index in [1.165, 1.54) is 6.92 Å². The summed E-state index contributed by atoms with van der Waals surface area (Å²) < 4.78 is 24.4. The lowest BCUT2D eigenvalue weighted by molar-refractivity contribution is -0.302. The van der Waals surface area contributed by atoms with Gasteiger partial charge in [0.05, 0.1) is 24.4 Å². The van der Waals surface area contributed by atoms with Crippen LogP contribution in [0.25, 0.3) is 0 Å². The predicted molar refractivity (Wildman–Crippen MR) is 170 cm³/mol. The van der Waals surface area contributed by atoms with Gasteiger partial charge in [-0.3, -0.25) is 9.59 Å². The molecule has 0 aromatic heterocycles. The molecule has 0 amide bonds. The second kappa shape index (κ2) is 10.7. The molecule has 10 heteroatoms. The molecular formula is C37H58O10. The number of rotatable bonds is 5. The highest BCUT2D eigenvalue weighted by Crippen LogP contribution is 2.89. The van der Waals surface area contributed by atoms with Gasteiger partial charge in [-0.1, -0.05) is 34.6 Å². The third-order valence-electron chi connectivity index (χ3n) is 15.6. The highest BCUT2D eigenvalue weighted by atomic mass is 16.7. The standard InChI is InChI=1S/C37H58O10/c1-18-15-21(30(33(5,6)43)45-19(2)38)46-28-25(18)34(7)13-14-37-17-36(37)12-11-24(47-31-27(41)26(40)20(39)16-44-31)32(3,4)22(36)9-10-23(37)35(34,8)29(28)42/h18,20-28,30-31,39-41,43H,9-17H2,1-8H3/t18-,20?,21-,22+,23+,24+,25+,26+,27-,28+,30?,31+,34-,35-,36-,37?/m1/s1. The van der Waals surface area contributed by atoms with Crippen LogP contribution in [0.1, 0.15) is 107 Å². The molecule has 47 heavy (non-hydrogen) atoms. The first kappa shape index (κ1) is 34.3. The Hall–Kier alpha value is -1.14. The second-order valence-electron chi connectivity index (χ2n) is 18.4. The van der Waals surface area contributed by atoms with E-state index in [4.69, 9.17) is 18.9 Å². The fourth-order valence-electron chi connectivity index (χ4n) is 13.4. The van der Waals surface area contributed by atoms with Crippen molar-refractivity contribution in [3.63, 3.8) is 0 Å². The van der Waals surface area contributed by atoms with E-state index in [-0.39, 0.29) is 57.9 Å². The SMILES string of the molecule is CC(=O)OC([C@H]1C[C@@H](C)[C@H]2[C@H](O1)C(=O)[C@@]1(C)[C@@H]3CC[C@H]4C(C)(C)[C@@H](O[C@@H]5OCC(O)[C@H](O)[C@H]5O)CC[C@@]45CC35CC[C@]21C)C(C)(C)O. The fraction of sp³-hybridized carbons (Fsp3) is 0.946. The number of aliphatic hydroxyl groups is 4. The Bertz CT molecular complexity index is 1290. The lowest BCUT2D eigenvalue weighted by atomic mass is 9.41. The minimum Gasteiger partial charge on any atom is -0.457 e. The van der Waals surface area contributed by atoms with Crippen molar-refractivity contribution in [1.82, 2.24) is 0 Å². The molecule has 10 nitrogen and oxygen atoms in total. The third-order valence-corrected chi connectivity index (χ3v) is 15.6. The number of esters is 1. The van der Waals surface area contributed by atoms with Crippen molar-refractivity contribution in [2.45, 2.75) is 161 Å². The topological polar surface area (TPSA) is 152 Å². The Balaban J connectivity index is 1.15. The Morgan fingerprint density at radius 3 is 2.30 bits per heavy atom. The molecule has 2 aliphatic heterocycles.